The maximum absolute atomic E-state index is 12.7. The second-order valence-electron chi connectivity index (χ2n) is 5.30. The molecule has 0 spiro atoms. The van der Waals surface area contributed by atoms with Gasteiger partial charge in [-0.05, 0) is 44.9 Å². The van der Waals surface area contributed by atoms with Crippen LogP contribution in [0, 0.1) is 0 Å². The first-order chi connectivity index (χ1) is 9.08. The molecule has 0 atom stereocenters. The zero-order valence-electron chi connectivity index (χ0n) is 11.0. The molecule has 0 radical (unpaired) electrons. The highest BCUT2D eigenvalue weighted by atomic mass is 35.5. The fourth-order valence-electron chi connectivity index (χ4n) is 2.45. The summed E-state index contributed by atoms with van der Waals surface area (Å²) >= 11 is 6.00. The number of benzene rings is 1. The topological polar surface area (TPSA) is 49.0 Å². The summed E-state index contributed by atoms with van der Waals surface area (Å²) < 4.78 is 0. The second kappa shape index (κ2) is 4.53. The number of hydrogen-bond acceptors (Lipinski definition) is 2. The number of amides is 1. The SMILES string of the molecule is CC(C)N(C(=O)c1n[nH]c2ccc(Cl)cc12)C1CC1. The van der Waals surface area contributed by atoms with Crippen LogP contribution in [0.3, 0.4) is 0 Å². The van der Waals surface area contributed by atoms with Crippen LogP contribution in [-0.2, 0) is 0 Å². The average molecular weight is 278 g/mol. The molecule has 19 heavy (non-hydrogen) atoms. The molecule has 4 nitrogen and oxygen atoms in total. The van der Waals surface area contributed by atoms with Crippen molar-refractivity contribution in [1.29, 1.82) is 0 Å². The van der Waals surface area contributed by atoms with Crippen LogP contribution in [0.1, 0.15) is 37.2 Å². The monoisotopic (exact) mass is 277 g/mol. The van der Waals surface area contributed by atoms with E-state index in [0.717, 1.165) is 23.7 Å². The third-order valence-corrected chi connectivity index (χ3v) is 3.69. The molecule has 1 aliphatic rings. The molecule has 1 heterocycles. The number of hydrogen-bond donors (Lipinski definition) is 1. The van der Waals surface area contributed by atoms with Gasteiger partial charge in [-0.3, -0.25) is 9.89 Å². The van der Waals surface area contributed by atoms with Crippen molar-refractivity contribution in [2.75, 3.05) is 0 Å². The molecule has 1 aliphatic carbocycles. The van der Waals surface area contributed by atoms with E-state index in [1.807, 2.05) is 24.8 Å². The highest BCUT2D eigenvalue weighted by Crippen LogP contribution is 2.31. The van der Waals surface area contributed by atoms with Crippen molar-refractivity contribution in [3.05, 3.63) is 28.9 Å². The lowest BCUT2D eigenvalue weighted by atomic mass is 10.1. The molecular weight excluding hydrogens is 262 g/mol. The van der Waals surface area contributed by atoms with Crippen LogP contribution in [-0.4, -0.2) is 33.1 Å². The first kappa shape index (κ1) is 12.5. The second-order valence-corrected chi connectivity index (χ2v) is 5.74. The van der Waals surface area contributed by atoms with Gasteiger partial charge in [-0.2, -0.15) is 5.10 Å². The minimum atomic E-state index is -0.00832. The molecule has 0 aliphatic heterocycles. The van der Waals surface area contributed by atoms with Crippen molar-refractivity contribution >= 4 is 28.4 Å². The molecule has 1 aromatic heterocycles. The van der Waals surface area contributed by atoms with Crippen LogP contribution >= 0.6 is 11.6 Å². The number of carbonyl (C=O) groups is 1. The first-order valence-electron chi connectivity index (χ1n) is 6.54. The van der Waals surface area contributed by atoms with Crippen LogP contribution in [0.15, 0.2) is 18.2 Å². The van der Waals surface area contributed by atoms with Crippen molar-refractivity contribution in [3.63, 3.8) is 0 Å². The van der Waals surface area contributed by atoms with E-state index in [-0.39, 0.29) is 11.9 Å². The van der Waals surface area contributed by atoms with Gasteiger partial charge in [0.25, 0.3) is 5.91 Å². The molecule has 1 amide bonds. The predicted molar refractivity (Wildman–Crippen MR) is 75.4 cm³/mol. The van der Waals surface area contributed by atoms with Gasteiger partial charge in [0.1, 0.15) is 0 Å². The van der Waals surface area contributed by atoms with Gasteiger partial charge in [0.15, 0.2) is 5.69 Å². The van der Waals surface area contributed by atoms with Gasteiger partial charge in [-0.15, -0.1) is 0 Å². The van der Waals surface area contributed by atoms with E-state index in [1.54, 1.807) is 12.1 Å². The highest BCUT2D eigenvalue weighted by molar-refractivity contribution is 6.31. The zero-order valence-corrected chi connectivity index (χ0v) is 11.7. The van der Waals surface area contributed by atoms with Crippen LogP contribution < -0.4 is 0 Å². The van der Waals surface area contributed by atoms with E-state index in [2.05, 4.69) is 10.2 Å². The Morgan fingerprint density at radius 2 is 2.21 bits per heavy atom. The lowest BCUT2D eigenvalue weighted by Crippen LogP contribution is -2.39. The van der Waals surface area contributed by atoms with E-state index in [1.165, 1.54) is 0 Å². The summed E-state index contributed by atoms with van der Waals surface area (Å²) in [6.45, 7) is 4.08. The number of nitrogens with one attached hydrogen (secondary N) is 1. The Morgan fingerprint density at radius 1 is 1.47 bits per heavy atom. The maximum Gasteiger partial charge on any atom is 0.275 e. The molecule has 5 heteroatoms. The van der Waals surface area contributed by atoms with Gasteiger partial charge in [0.2, 0.25) is 0 Å². The molecule has 1 saturated carbocycles. The van der Waals surface area contributed by atoms with Gasteiger partial charge in [-0.1, -0.05) is 11.6 Å². The van der Waals surface area contributed by atoms with Crippen LogP contribution in [0.25, 0.3) is 10.9 Å². The normalized spacial score (nSPS) is 15.2. The van der Waals surface area contributed by atoms with Crippen LogP contribution in [0.5, 0.6) is 0 Å². The number of carbonyl (C=O) groups excluding carboxylic acids is 1. The molecule has 0 saturated heterocycles. The summed E-state index contributed by atoms with van der Waals surface area (Å²) in [7, 11) is 0. The molecule has 2 aromatic rings. The van der Waals surface area contributed by atoms with Gasteiger partial charge < -0.3 is 4.90 Å². The first-order valence-corrected chi connectivity index (χ1v) is 6.92. The van der Waals surface area contributed by atoms with Gasteiger partial charge in [0, 0.05) is 22.5 Å². The van der Waals surface area contributed by atoms with Gasteiger partial charge >= 0.3 is 0 Å². The van der Waals surface area contributed by atoms with Crippen molar-refractivity contribution in [2.24, 2.45) is 0 Å². The number of fused-ring (bicyclic) bond motifs is 1. The standard InChI is InChI=1S/C14H16ClN3O/c1-8(2)18(10-4-5-10)14(19)13-11-7-9(15)3-6-12(11)16-17-13/h3,6-8,10H,4-5H2,1-2H3,(H,16,17). The summed E-state index contributed by atoms with van der Waals surface area (Å²) in [6, 6.07) is 5.98. The molecule has 0 unspecified atom stereocenters. The quantitative estimate of drug-likeness (QED) is 0.936. The fraction of sp³-hybridized carbons (Fsp3) is 0.429. The molecule has 1 fully saturated rings. The predicted octanol–water partition coefficient (Wildman–Crippen LogP) is 3.23. The third-order valence-electron chi connectivity index (χ3n) is 3.46. The zero-order chi connectivity index (χ0) is 13.6. The van der Waals surface area contributed by atoms with Crippen LogP contribution in [0.4, 0.5) is 0 Å². The van der Waals surface area contributed by atoms with Crippen molar-refractivity contribution in [1.82, 2.24) is 15.1 Å². The molecule has 0 bridgehead atoms. The minimum Gasteiger partial charge on any atom is -0.332 e. The van der Waals surface area contributed by atoms with Gasteiger partial charge in [-0.25, -0.2) is 0 Å². The Balaban J connectivity index is 2.03. The Hall–Kier alpha value is -1.55. The summed E-state index contributed by atoms with van der Waals surface area (Å²) in [6.07, 6.45) is 2.18. The van der Waals surface area contributed by atoms with E-state index in [9.17, 15) is 4.79 Å². The van der Waals surface area contributed by atoms with Crippen molar-refractivity contribution in [2.45, 2.75) is 38.8 Å². The number of nitrogens with zero attached hydrogens (tertiary/aromatic N) is 2. The molecule has 1 N–H and O–H groups in total. The Kier molecular flexibility index (Phi) is 2.97. The largest absolute Gasteiger partial charge is 0.332 e. The average Bonchev–Trinajstić information content (AvgIpc) is 3.08. The minimum absolute atomic E-state index is 0.00832. The van der Waals surface area contributed by atoms with Crippen molar-refractivity contribution in [3.8, 4) is 0 Å². The lowest BCUT2D eigenvalue weighted by Gasteiger charge is -2.25. The molecular formula is C14H16ClN3O. The summed E-state index contributed by atoms with van der Waals surface area (Å²) in [5.41, 5.74) is 1.31. The summed E-state index contributed by atoms with van der Waals surface area (Å²) in [5.74, 6) is -0.00832. The number of aromatic nitrogens is 2. The van der Waals surface area contributed by atoms with E-state index in [4.69, 9.17) is 11.6 Å². The fourth-order valence-corrected chi connectivity index (χ4v) is 2.62. The Bertz CT molecular complexity index is 629. The molecule has 3 rings (SSSR count). The molecule has 1 aromatic carbocycles. The highest BCUT2D eigenvalue weighted by Gasteiger charge is 2.36. The number of H-pyrrole nitrogens is 1. The molecule has 100 valence electrons. The van der Waals surface area contributed by atoms with Crippen molar-refractivity contribution < 1.29 is 4.79 Å². The van der Waals surface area contributed by atoms with Gasteiger partial charge in [0.05, 0.1) is 5.52 Å². The van der Waals surface area contributed by atoms with E-state index >= 15 is 0 Å². The Labute approximate surface area is 116 Å². The number of rotatable bonds is 3. The van der Waals surface area contributed by atoms with E-state index < -0.39 is 0 Å². The van der Waals surface area contributed by atoms with E-state index in [0.29, 0.717) is 16.8 Å². The maximum atomic E-state index is 12.7. The summed E-state index contributed by atoms with van der Waals surface area (Å²) in [4.78, 5) is 14.6. The number of aromatic amines is 1. The summed E-state index contributed by atoms with van der Waals surface area (Å²) in [5, 5.41) is 8.48. The Morgan fingerprint density at radius 3 is 2.84 bits per heavy atom. The lowest BCUT2D eigenvalue weighted by molar-refractivity contribution is 0.0686. The smallest absolute Gasteiger partial charge is 0.275 e. The third kappa shape index (κ3) is 2.21. The number of halogens is 1. The van der Waals surface area contributed by atoms with Crippen LogP contribution in [0.2, 0.25) is 5.02 Å².